The lowest BCUT2D eigenvalue weighted by Gasteiger charge is -1.93. The first kappa shape index (κ1) is 10.2. The second kappa shape index (κ2) is 4.97. The van der Waals surface area contributed by atoms with Gasteiger partial charge in [-0.1, -0.05) is 26.8 Å². The Morgan fingerprint density at radius 1 is 1.31 bits per heavy atom. The van der Waals surface area contributed by atoms with E-state index in [1.165, 1.54) is 15.6 Å². The summed E-state index contributed by atoms with van der Waals surface area (Å²) in [4.78, 5) is 0. The Morgan fingerprint density at radius 2 is 2.08 bits per heavy atom. The van der Waals surface area contributed by atoms with Gasteiger partial charge in [-0.25, -0.2) is 0 Å². The van der Waals surface area contributed by atoms with Gasteiger partial charge in [0.05, 0.1) is 4.70 Å². The fourth-order valence-corrected chi connectivity index (χ4v) is 1.77. The van der Waals surface area contributed by atoms with E-state index in [-0.39, 0.29) is 0 Å². The third-order valence-corrected chi connectivity index (χ3v) is 2.60. The molecule has 1 heterocycles. The third-order valence-electron chi connectivity index (χ3n) is 1.83. The molecule has 0 saturated carbocycles. The Labute approximate surface area is 83.6 Å². The zero-order valence-electron chi connectivity index (χ0n) is 8.37. The standard InChI is InChI=1S/C9H9NS.C2H6/c1-2-7-3-4-9-8(5-7)6-10-11-9;1-2/h3-6H,2H2,1H3;1-2H3. The van der Waals surface area contributed by atoms with Crippen molar-refractivity contribution in [2.75, 3.05) is 0 Å². The van der Waals surface area contributed by atoms with E-state index in [0.717, 1.165) is 6.42 Å². The summed E-state index contributed by atoms with van der Waals surface area (Å²) < 4.78 is 5.40. The molecule has 13 heavy (non-hydrogen) atoms. The molecule has 0 aliphatic carbocycles. The Morgan fingerprint density at radius 3 is 2.77 bits per heavy atom. The number of benzene rings is 1. The summed E-state index contributed by atoms with van der Waals surface area (Å²) in [7, 11) is 0. The first-order chi connectivity index (χ1) is 6.40. The van der Waals surface area contributed by atoms with Gasteiger partial charge >= 0.3 is 0 Å². The van der Waals surface area contributed by atoms with Gasteiger partial charge in [-0.15, -0.1) is 0 Å². The number of hydrogen-bond acceptors (Lipinski definition) is 2. The molecule has 70 valence electrons. The van der Waals surface area contributed by atoms with Gasteiger partial charge in [-0.05, 0) is 35.6 Å². The quantitative estimate of drug-likeness (QED) is 0.669. The second-order valence-corrected chi connectivity index (χ2v) is 3.38. The van der Waals surface area contributed by atoms with E-state index in [2.05, 4.69) is 29.5 Å². The molecule has 1 nitrogen and oxygen atoms in total. The molecule has 0 aliphatic rings. The first-order valence-corrected chi connectivity index (χ1v) is 5.51. The van der Waals surface area contributed by atoms with Crippen LogP contribution in [0.2, 0.25) is 0 Å². The predicted octanol–water partition coefficient (Wildman–Crippen LogP) is 3.88. The molecule has 0 fully saturated rings. The Kier molecular flexibility index (Phi) is 3.90. The molecule has 0 atom stereocenters. The number of nitrogens with zero attached hydrogens (tertiary/aromatic N) is 1. The van der Waals surface area contributed by atoms with E-state index in [9.17, 15) is 0 Å². The highest BCUT2D eigenvalue weighted by Crippen LogP contribution is 2.19. The zero-order valence-corrected chi connectivity index (χ0v) is 9.19. The average molecular weight is 193 g/mol. The van der Waals surface area contributed by atoms with Crippen molar-refractivity contribution in [1.82, 2.24) is 4.37 Å². The van der Waals surface area contributed by atoms with Gasteiger partial charge in [0, 0.05) is 11.6 Å². The lowest BCUT2D eigenvalue weighted by atomic mass is 10.1. The smallest absolute Gasteiger partial charge is 0.0550 e. The molecule has 2 rings (SSSR count). The molecule has 0 spiro atoms. The number of fused-ring (bicyclic) bond motifs is 1. The van der Waals surface area contributed by atoms with Crippen molar-refractivity contribution in [3.05, 3.63) is 30.0 Å². The second-order valence-electron chi connectivity index (χ2n) is 2.55. The van der Waals surface area contributed by atoms with E-state index < -0.39 is 0 Å². The highest BCUT2D eigenvalue weighted by Gasteiger charge is 1.95. The molecular weight excluding hydrogens is 178 g/mol. The number of rotatable bonds is 1. The molecule has 0 radical (unpaired) electrons. The molecule has 1 aromatic heterocycles. The van der Waals surface area contributed by atoms with Crippen molar-refractivity contribution >= 4 is 21.6 Å². The highest BCUT2D eigenvalue weighted by molar-refractivity contribution is 7.13. The van der Waals surface area contributed by atoms with Crippen LogP contribution in [-0.4, -0.2) is 4.37 Å². The minimum Gasteiger partial charge on any atom is -0.200 e. The lowest BCUT2D eigenvalue weighted by molar-refractivity contribution is 1.15. The summed E-state index contributed by atoms with van der Waals surface area (Å²) in [5.41, 5.74) is 1.39. The Balaban J connectivity index is 0.000000396. The normalized spacial score (nSPS) is 9.46. The molecule has 1 aromatic carbocycles. The summed E-state index contributed by atoms with van der Waals surface area (Å²) in [6, 6.07) is 6.52. The van der Waals surface area contributed by atoms with E-state index in [0.29, 0.717) is 0 Å². The highest BCUT2D eigenvalue weighted by atomic mass is 32.1. The van der Waals surface area contributed by atoms with Gasteiger partial charge in [0.15, 0.2) is 0 Å². The summed E-state index contributed by atoms with van der Waals surface area (Å²) in [5, 5.41) is 1.27. The van der Waals surface area contributed by atoms with Crippen LogP contribution in [0.25, 0.3) is 10.1 Å². The van der Waals surface area contributed by atoms with Crippen molar-refractivity contribution in [3.8, 4) is 0 Å². The van der Waals surface area contributed by atoms with Crippen molar-refractivity contribution in [3.63, 3.8) is 0 Å². The Bertz CT molecular complexity index is 365. The van der Waals surface area contributed by atoms with Crippen LogP contribution in [0.4, 0.5) is 0 Å². The molecule has 0 saturated heterocycles. The maximum absolute atomic E-state index is 4.12. The van der Waals surface area contributed by atoms with Crippen LogP contribution in [0.15, 0.2) is 24.4 Å². The van der Waals surface area contributed by atoms with Gasteiger partial charge in [-0.2, -0.15) is 4.37 Å². The van der Waals surface area contributed by atoms with Crippen molar-refractivity contribution in [2.45, 2.75) is 27.2 Å². The van der Waals surface area contributed by atoms with Crippen LogP contribution in [0.3, 0.4) is 0 Å². The largest absolute Gasteiger partial charge is 0.200 e. The fraction of sp³-hybridized carbons (Fsp3) is 0.364. The minimum atomic E-state index is 1.10. The Hall–Kier alpha value is -0.890. The number of hydrogen-bond donors (Lipinski definition) is 0. The molecule has 0 N–H and O–H groups in total. The summed E-state index contributed by atoms with van der Waals surface area (Å²) in [6.07, 6.45) is 3.03. The number of aromatic nitrogens is 1. The first-order valence-electron chi connectivity index (χ1n) is 4.73. The minimum absolute atomic E-state index is 1.10. The van der Waals surface area contributed by atoms with Crippen molar-refractivity contribution < 1.29 is 0 Å². The molecule has 2 heteroatoms. The molecule has 0 unspecified atom stereocenters. The van der Waals surface area contributed by atoms with Crippen molar-refractivity contribution in [1.29, 1.82) is 0 Å². The topological polar surface area (TPSA) is 12.9 Å². The summed E-state index contributed by atoms with van der Waals surface area (Å²) in [6.45, 7) is 6.17. The SMILES string of the molecule is CC.CCc1ccc2sncc2c1. The van der Waals surface area contributed by atoms with E-state index in [4.69, 9.17) is 0 Å². The van der Waals surface area contributed by atoms with Crippen LogP contribution < -0.4 is 0 Å². The predicted molar refractivity (Wildman–Crippen MR) is 60.3 cm³/mol. The molecule has 0 amide bonds. The third kappa shape index (κ3) is 2.28. The maximum Gasteiger partial charge on any atom is 0.0550 e. The van der Waals surface area contributed by atoms with E-state index in [1.807, 2.05) is 20.0 Å². The number of aryl methyl sites for hydroxylation is 1. The molecule has 0 aliphatic heterocycles. The van der Waals surface area contributed by atoms with Crippen LogP contribution in [0.1, 0.15) is 26.3 Å². The molecule has 0 bridgehead atoms. The van der Waals surface area contributed by atoms with Gasteiger partial charge in [0.25, 0.3) is 0 Å². The zero-order chi connectivity index (χ0) is 9.68. The van der Waals surface area contributed by atoms with Crippen molar-refractivity contribution in [2.24, 2.45) is 0 Å². The fourth-order valence-electron chi connectivity index (χ4n) is 1.14. The van der Waals surface area contributed by atoms with Crippen LogP contribution in [-0.2, 0) is 6.42 Å². The van der Waals surface area contributed by atoms with Gasteiger partial charge in [0.1, 0.15) is 0 Å². The summed E-state index contributed by atoms with van der Waals surface area (Å²) in [5.74, 6) is 0. The van der Waals surface area contributed by atoms with Gasteiger partial charge in [-0.3, -0.25) is 0 Å². The van der Waals surface area contributed by atoms with E-state index >= 15 is 0 Å². The summed E-state index contributed by atoms with van der Waals surface area (Å²) >= 11 is 1.56. The van der Waals surface area contributed by atoms with Crippen LogP contribution in [0.5, 0.6) is 0 Å². The maximum atomic E-state index is 4.12. The molecule has 2 aromatic rings. The van der Waals surface area contributed by atoms with Crippen LogP contribution in [0, 0.1) is 0 Å². The van der Waals surface area contributed by atoms with Gasteiger partial charge in [0.2, 0.25) is 0 Å². The van der Waals surface area contributed by atoms with Gasteiger partial charge < -0.3 is 0 Å². The molecular formula is C11H15NS. The van der Waals surface area contributed by atoms with E-state index in [1.54, 1.807) is 11.5 Å². The average Bonchev–Trinajstić information content (AvgIpc) is 2.67. The lowest BCUT2D eigenvalue weighted by Crippen LogP contribution is -1.76. The monoisotopic (exact) mass is 193 g/mol. The van der Waals surface area contributed by atoms with Crippen LogP contribution >= 0.6 is 11.5 Å².